The van der Waals surface area contributed by atoms with Gasteiger partial charge in [0.25, 0.3) is 24.3 Å². The molecule has 1 aliphatic carbocycles. The van der Waals surface area contributed by atoms with Crippen molar-refractivity contribution >= 4 is 25.8 Å². The predicted molar refractivity (Wildman–Crippen MR) is 125 cm³/mol. The first kappa shape index (κ1) is 23.4. The van der Waals surface area contributed by atoms with Gasteiger partial charge in [-0.2, -0.15) is 16.8 Å². The summed E-state index contributed by atoms with van der Waals surface area (Å²) in [7, 11) is -8.99. The molecule has 0 aromatic heterocycles. The molecule has 10 heteroatoms. The van der Waals surface area contributed by atoms with Gasteiger partial charge in [0.2, 0.25) is 0 Å². The minimum atomic E-state index is -5.26. The van der Waals surface area contributed by atoms with Crippen LogP contribution in [0.5, 0.6) is 5.75 Å². The van der Waals surface area contributed by atoms with Gasteiger partial charge in [0, 0.05) is 19.5 Å². The second kappa shape index (κ2) is 8.54. The van der Waals surface area contributed by atoms with Crippen molar-refractivity contribution in [3.05, 3.63) is 94.6 Å². The van der Waals surface area contributed by atoms with Crippen molar-refractivity contribution < 1.29 is 30.7 Å². The van der Waals surface area contributed by atoms with Crippen molar-refractivity contribution in [1.82, 2.24) is 5.32 Å². The molecule has 0 atom stereocenters. The molecule has 1 aliphatic heterocycles. The molecule has 2 aromatic carbocycles. The van der Waals surface area contributed by atoms with Gasteiger partial charge < -0.3 is 10.1 Å². The van der Waals surface area contributed by atoms with Crippen LogP contribution in [0.4, 0.5) is 0 Å². The average molecular weight is 490 g/mol. The molecular formula is C23H23NO7S2. The number of benzene rings is 2. The van der Waals surface area contributed by atoms with Gasteiger partial charge in [-0.3, -0.25) is 9.11 Å². The van der Waals surface area contributed by atoms with Crippen LogP contribution < -0.4 is 10.1 Å². The fourth-order valence-corrected chi connectivity index (χ4v) is 6.79. The number of fused-ring (bicyclic) bond motifs is 1. The van der Waals surface area contributed by atoms with Gasteiger partial charge in [-0.1, -0.05) is 48.6 Å². The van der Waals surface area contributed by atoms with Gasteiger partial charge in [-0.05, 0) is 51.6 Å². The maximum absolute atomic E-state index is 12.4. The largest absolute Gasteiger partial charge is 0.497 e. The first-order valence-electron chi connectivity index (χ1n) is 10.1. The summed E-state index contributed by atoms with van der Waals surface area (Å²) in [5.41, 5.74) is 3.79. The normalized spacial score (nSPS) is 18.0. The summed E-state index contributed by atoms with van der Waals surface area (Å²) >= 11 is 0. The number of methoxy groups -OCH3 is 1. The molecule has 0 saturated carbocycles. The molecule has 1 heterocycles. The Morgan fingerprint density at radius 2 is 1.73 bits per heavy atom. The monoisotopic (exact) mass is 489 g/mol. The summed E-state index contributed by atoms with van der Waals surface area (Å²) in [6, 6.07) is 12.7. The van der Waals surface area contributed by atoms with E-state index in [4.69, 9.17) is 4.74 Å². The zero-order valence-electron chi connectivity index (χ0n) is 17.7. The third-order valence-electron chi connectivity index (χ3n) is 5.95. The lowest BCUT2D eigenvalue weighted by molar-refractivity contribution is 0.415. The van der Waals surface area contributed by atoms with E-state index in [2.05, 4.69) is 5.32 Å². The highest BCUT2D eigenvalue weighted by Gasteiger charge is 2.56. The van der Waals surface area contributed by atoms with E-state index >= 15 is 0 Å². The summed E-state index contributed by atoms with van der Waals surface area (Å²) in [6.07, 6.45) is 4.81. The molecule has 0 bridgehead atoms. The zero-order valence-corrected chi connectivity index (χ0v) is 19.4. The first-order valence-corrected chi connectivity index (χ1v) is 13.0. The highest BCUT2D eigenvalue weighted by atomic mass is 32.3. The number of ether oxygens (including phenoxy) is 1. The van der Waals surface area contributed by atoms with E-state index in [1.54, 1.807) is 24.3 Å². The first-order chi connectivity index (χ1) is 15.6. The van der Waals surface area contributed by atoms with Gasteiger partial charge in [-0.25, -0.2) is 0 Å². The van der Waals surface area contributed by atoms with E-state index in [1.807, 2.05) is 18.2 Å². The SMILES string of the molecule is COc1ccc(C(=CC2=CC=CCC2(S(=O)(=O)O)S(=O)(=O)O)c2cccc3c2CNC3)cc1. The van der Waals surface area contributed by atoms with Crippen LogP contribution >= 0.6 is 0 Å². The Labute approximate surface area is 192 Å². The van der Waals surface area contributed by atoms with Gasteiger partial charge in [0.05, 0.1) is 7.11 Å². The molecule has 2 aliphatic rings. The molecule has 0 spiro atoms. The summed E-state index contributed by atoms with van der Waals surface area (Å²) in [5, 5.41) is 3.28. The van der Waals surface area contributed by atoms with Gasteiger partial charge in [0.15, 0.2) is 0 Å². The molecule has 174 valence electrons. The molecule has 0 saturated heterocycles. The van der Waals surface area contributed by atoms with E-state index in [-0.39, 0.29) is 5.57 Å². The maximum atomic E-state index is 12.4. The van der Waals surface area contributed by atoms with E-state index < -0.39 is 30.7 Å². The van der Waals surface area contributed by atoms with Crippen molar-refractivity contribution in [2.45, 2.75) is 23.6 Å². The molecule has 4 rings (SSSR count). The Hall–Kier alpha value is -2.76. The fourth-order valence-electron chi connectivity index (χ4n) is 4.27. The van der Waals surface area contributed by atoms with Crippen LogP contribution in [0.25, 0.3) is 5.57 Å². The molecule has 2 aromatic rings. The van der Waals surface area contributed by atoms with Crippen molar-refractivity contribution in [2.24, 2.45) is 0 Å². The van der Waals surface area contributed by atoms with E-state index in [0.29, 0.717) is 30.0 Å². The molecular weight excluding hydrogens is 466 g/mol. The number of hydrogen-bond donors (Lipinski definition) is 3. The van der Waals surface area contributed by atoms with Crippen LogP contribution in [-0.4, -0.2) is 37.1 Å². The molecule has 3 N–H and O–H groups in total. The number of allylic oxidation sites excluding steroid dienone is 4. The van der Waals surface area contributed by atoms with E-state index in [1.165, 1.54) is 31.4 Å². The summed E-state index contributed by atoms with van der Waals surface area (Å²) < 4.78 is 71.8. The molecule has 0 amide bonds. The van der Waals surface area contributed by atoms with Crippen LogP contribution in [-0.2, 0) is 33.3 Å². The second-order valence-corrected chi connectivity index (χ2v) is 11.3. The van der Waals surface area contributed by atoms with Crippen molar-refractivity contribution in [1.29, 1.82) is 0 Å². The Balaban J connectivity index is 2.01. The molecule has 33 heavy (non-hydrogen) atoms. The van der Waals surface area contributed by atoms with E-state index in [0.717, 1.165) is 16.7 Å². The lowest BCUT2D eigenvalue weighted by atomic mass is 9.89. The fraction of sp³-hybridized carbons (Fsp3) is 0.217. The van der Waals surface area contributed by atoms with Crippen molar-refractivity contribution in [3.63, 3.8) is 0 Å². The predicted octanol–water partition coefficient (Wildman–Crippen LogP) is 3.09. The Bertz CT molecular complexity index is 1350. The molecule has 8 nitrogen and oxygen atoms in total. The van der Waals surface area contributed by atoms with Crippen LogP contribution in [0.3, 0.4) is 0 Å². The smallest absolute Gasteiger partial charge is 0.292 e. The molecule has 0 fully saturated rings. The van der Waals surface area contributed by atoms with E-state index in [9.17, 15) is 25.9 Å². The zero-order chi connectivity index (χ0) is 23.9. The topological polar surface area (TPSA) is 130 Å². The van der Waals surface area contributed by atoms with Crippen molar-refractivity contribution in [2.75, 3.05) is 7.11 Å². The lowest BCUT2D eigenvalue weighted by Gasteiger charge is -2.30. The number of rotatable bonds is 6. The second-order valence-electron chi connectivity index (χ2n) is 7.79. The van der Waals surface area contributed by atoms with Crippen LogP contribution in [0, 0.1) is 0 Å². The minimum absolute atomic E-state index is 0.260. The number of hydrogen-bond acceptors (Lipinski definition) is 6. The highest BCUT2D eigenvalue weighted by molar-refractivity contribution is 8.05. The van der Waals surface area contributed by atoms with Gasteiger partial charge >= 0.3 is 0 Å². The number of nitrogens with one attached hydrogen (secondary N) is 1. The summed E-state index contributed by atoms with van der Waals surface area (Å²) in [5.74, 6) is 0.614. The standard InChI is InChI=1S/C23H23NO7S2/c1-31-19-10-8-16(9-11-19)21(20-7-4-5-17-14-24-15-22(17)20)13-18-6-2-3-12-23(18,32(25,26)27)33(28,29)30/h2-11,13,24H,12,14-15H2,1H3,(H,25,26,27)(H,28,29,30). The third-order valence-corrected chi connectivity index (χ3v) is 9.69. The van der Waals surface area contributed by atoms with Gasteiger partial charge in [0.1, 0.15) is 5.75 Å². The molecule has 0 unspecified atom stereocenters. The maximum Gasteiger partial charge on any atom is 0.292 e. The Morgan fingerprint density at radius 3 is 2.36 bits per heavy atom. The summed E-state index contributed by atoms with van der Waals surface area (Å²) in [6.45, 7) is 1.25. The quantitative estimate of drug-likeness (QED) is 0.528. The van der Waals surface area contributed by atoms with Crippen LogP contribution in [0.15, 0.2) is 72.3 Å². The third kappa shape index (κ3) is 4.04. The van der Waals surface area contributed by atoms with Crippen LogP contribution in [0.1, 0.15) is 28.7 Å². The van der Waals surface area contributed by atoms with Crippen molar-refractivity contribution in [3.8, 4) is 5.75 Å². The Kier molecular flexibility index (Phi) is 6.06. The van der Waals surface area contributed by atoms with Crippen LogP contribution in [0.2, 0.25) is 0 Å². The highest BCUT2D eigenvalue weighted by Crippen LogP contribution is 2.41. The minimum Gasteiger partial charge on any atom is -0.497 e. The average Bonchev–Trinajstić information content (AvgIpc) is 3.25. The molecule has 0 radical (unpaired) electrons. The van der Waals surface area contributed by atoms with Gasteiger partial charge in [-0.15, -0.1) is 0 Å². The Morgan fingerprint density at radius 1 is 1.03 bits per heavy atom. The summed E-state index contributed by atoms with van der Waals surface area (Å²) in [4.78, 5) is 0. The lowest BCUT2D eigenvalue weighted by Crippen LogP contribution is -2.47.